The van der Waals surface area contributed by atoms with Crippen molar-refractivity contribution in [3.63, 3.8) is 0 Å². The van der Waals surface area contributed by atoms with Gasteiger partial charge in [0, 0.05) is 34.6 Å². The van der Waals surface area contributed by atoms with Gasteiger partial charge in [-0.05, 0) is 50.1 Å². The number of carbonyl (C=O) groups is 1. The molecule has 4 aromatic rings. The highest BCUT2D eigenvalue weighted by Gasteiger charge is 2.17. The number of benzene rings is 2. The van der Waals surface area contributed by atoms with E-state index in [9.17, 15) is 4.79 Å². The summed E-state index contributed by atoms with van der Waals surface area (Å²) in [5, 5.41) is 14.0. The van der Waals surface area contributed by atoms with Crippen molar-refractivity contribution >= 4 is 22.6 Å². The predicted octanol–water partition coefficient (Wildman–Crippen LogP) is 5.24. The molecule has 0 unspecified atom stereocenters. The van der Waals surface area contributed by atoms with E-state index in [0.717, 1.165) is 22.0 Å². The van der Waals surface area contributed by atoms with Gasteiger partial charge in [0.25, 0.3) is 5.89 Å². The molecule has 2 aromatic carbocycles. The fourth-order valence-electron chi connectivity index (χ4n) is 3.40. The molecule has 0 aliphatic heterocycles. The molecule has 156 valence electrons. The zero-order valence-corrected chi connectivity index (χ0v) is 17.0. The number of ether oxygens (including phenoxy) is 1. The SMILES string of the molecule is [C-]#[N+]c1cc(-c2nc(-c3ccc(CCC(=O)O)c4[nH]ccc34)no2)ccc1OC(C)C. The van der Waals surface area contributed by atoms with E-state index in [1.54, 1.807) is 24.4 Å². The second-order valence-electron chi connectivity index (χ2n) is 7.32. The van der Waals surface area contributed by atoms with E-state index in [-0.39, 0.29) is 12.5 Å². The third kappa shape index (κ3) is 4.12. The smallest absolute Gasteiger partial charge is 0.303 e. The minimum atomic E-state index is -0.838. The molecule has 0 fully saturated rings. The van der Waals surface area contributed by atoms with Gasteiger partial charge in [-0.25, -0.2) is 4.85 Å². The molecule has 0 saturated heterocycles. The summed E-state index contributed by atoms with van der Waals surface area (Å²) in [5.41, 5.74) is 3.55. The molecule has 0 aliphatic rings. The van der Waals surface area contributed by atoms with Crippen molar-refractivity contribution in [1.82, 2.24) is 15.1 Å². The summed E-state index contributed by atoms with van der Waals surface area (Å²) in [5.74, 6) is 0.389. The van der Waals surface area contributed by atoms with Gasteiger partial charge in [0.1, 0.15) is 5.75 Å². The molecule has 0 atom stereocenters. The molecular formula is C23H20N4O4. The van der Waals surface area contributed by atoms with Crippen molar-refractivity contribution in [3.8, 4) is 28.6 Å². The fraction of sp³-hybridized carbons (Fsp3) is 0.217. The minimum Gasteiger partial charge on any atom is -0.502 e. The summed E-state index contributed by atoms with van der Waals surface area (Å²) in [4.78, 5) is 22.2. The van der Waals surface area contributed by atoms with Crippen LogP contribution in [0, 0.1) is 6.57 Å². The highest BCUT2D eigenvalue weighted by Crippen LogP contribution is 2.35. The summed E-state index contributed by atoms with van der Waals surface area (Å²) in [7, 11) is 0. The van der Waals surface area contributed by atoms with Crippen LogP contribution in [0.1, 0.15) is 25.8 Å². The molecule has 4 rings (SSSR count). The van der Waals surface area contributed by atoms with Crippen LogP contribution in [0.5, 0.6) is 5.75 Å². The first-order valence-electron chi connectivity index (χ1n) is 9.79. The Morgan fingerprint density at radius 2 is 2.13 bits per heavy atom. The maximum Gasteiger partial charge on any atom is 0.303 e. The maximum atomic E-state index is 10.9. The van der Waals surface area contributed by atoms with E-state index in [2.05, 4.69) is 20.0 Å². The van der Waals surface area contributed by atoms with Gasteiger partial charge in [0.15, 0.2) is 0 Å². The predicted molar refractivity (Wildman–Crippen MR) is 115 cm³/mol. The standard InChI is InChI=1S/C23H20N4O4/c1-13(2)30-19-8-5-15(12-18(19)24-3)23-26-22(27-31-23)17-7-4-14(6-9-20(28)29)21-16(17)10-11-25-21/h4-5,7-8,10-13,25H,6,9H2,1-2H3,(H,28,29). The maximum absolute atomic E-state index is 10.9. The molecule has 0 saturated carbocycles. The first-order chi connectivity index (χ1) is 15.0. The third-order valence-corrected chi connectivity index (χ3v) is 4.77. The molecule has 8 heteroatoms. The summed E-state index contributed by atoms with van der Waals surface area (Å²) < 4.78 is 11.1. The van der Waals surface area contributed by atoms with Crippen molar-refractivity contribution in [1.29, 1.82) is 0 Å². The second-order valence-corrected chi connectivity index (χ2v) is 7.32. The van der Waals surface area contributed by atoms with E-state index < -0.39 is 5.97 Å². The van der Waals surface area contributed by atoms with Crippen LogP contribution in [0.4, 0.5) is 5.69 Å². The lowest BCUT2D eigenvalue weighted by molar-refractivity contribution is -0.136. The van der Waals surface area contributed by atoms with Crippen LogP contribution in [0.15, 0.2) is 47.1 Å². The normalized spacial score (nSPS) is 11.0. The molecule has 2 aromatic heterocycles. The van der Waals surface area contributed by atoms with Gasteiger partial charge in [-0.3, -0.25) is 4.79 Å². The van der Waals surface area contributed by atoms with Gasteiger partial charge in [0.2, 0.25) is 11.5 Å². The van der Waals surface area contributed by atoms with Crippen LogP contribution in [-0.4, -0.2) is 32.3 Å². The van der Waals surface area contributed by atoms with Crippen LogP contribution in [0.25, 0.3) is 38.6 Å². The number of aromatic amines is 1. The number of hydrogen-bond acceptors (Lipinski definition) is 5. The Bertz CT molecular complexity index is 1300. The molecule has 2 N–H and O–H groups in total. The topological polar surface area (TPSA) is 106 Å². The number of H-pyrrole nitrogens is 1. The van der Waals surface area contributed by atoms with Gasteiger partial charge in [-0.1, -0.05) is 17.3 Å². The van der Waals surface area contributed by atoms with E-state index in [1.807, 2.05) is 32.0 Å². The van der Waals surface area contributed by atoms with Crippen LogP contribution < -0.4 is 4.74 Å². The van der Waals surface area contributed by atoms with E-state index >= 15 is 0 Å². The average Bonchev–Trinajstić information content (AvgIpc) is 3.42. The molecule has 2 heterocycles. The summed E-state index contributed by atoms with van der Waals surface area (Å²) in [6.07, 6.45) is 2.24. The quantitative estimate of drug-likeness (QED) is 0.399. The number of carboxylic acid groups (broad SMARTS) is 1. The largest absolute Gasteiger partial charge is 0.502 e. The monoisotopic (exact) mass is 416 g/mol. The van der Waals surface area contributed by atoms with Gasteiger partial charge in [-0.2, -0.15) is 4.98 Å². The zero-order chi connectivity index (χ0) is 22.0. The van der Waals surface area contributed by atoms with Gasteiger partial charge in [-0.15, -0.1) is 0 Å². The number of aryl methyl sites for hydroxylation is 1. The first kappa shape index (κ1) is 20.2. The van der Waals surface area contributed by atoms with E-state index in [1.165, 1.54) is 0 Å². The van der Waals surface area contributed by atoms with E-state index in [4.69, 9.17) is 20.9 Å². The Labute approximate surface area is 178 Å². The summed E-state index contributed by atoms with van der Waals surface area (Å²) in [6.45, 7) is 11.2. The number of rotatable bonds is 7. The number of carboxylic acids is 1. The molecule has 0 radical (unpaired) electrons. The van der Waals surface area contributed by atoms with Gasteiger partial charge < -0.3 is 19.4 Å². The van der Waals surface area contributed by atoms with Crippen LogP contribution in [0.3, 0.4) is 0 Å². The van der Waals surface area contributed by atoms with Crippen LogP contribution in [0.2, 0.25) is 0 Å². The molecule has 31 heavy (non-hydrogen) atoms. The molecule has 8 nitrogen and oxygen atoms in total. The molecule has 0 amide bonds. The van der Waals surface area contributed by atoms with Crippen molar-refractivity contribution in [2.45, 2.75) is 32.8 Å². The minimum absolute atomic E-state index is 0.0383. The summed E-state index contributed by atoms with van der Waals surface area (Å²) >= 11 is 0. The Morgan fingerprint density at radius 1 is 1.29 bits per heavy atom. The van der Waals surface area contributed by atoms with Crippen molar-refractivity contribution in [2.24, 2.45) is 0 Å². The van der Waals surface area contributed by atoms with Gasteiger partial charge in [0.05, 0.1) is 12.7 Å². The van der Waals surface area contributed by atoms with E-state index in [0.29, 0.717) is 35.1 Å². The summed E-state index contributed by atoms with van der Waals surface area (Å²) in [6, 6.07) is 10.8. The third-order valence-electron chi connectivity index (χ3n) is 4.77. The lowest BCUT2D eigenvalue weighted by Gasteiger charge is -2.11. The average molecular weight is 416 g/mol. The second kappa shape index (κ2) is 8.32. The molecule has 0 bridgehead atoms. The number of aliphatic carboxylic acids is 1. The Morgan fingerprint density at radius 3 is 2.87 bits per heavy atom. The number of fused-ring (bicyclic) bond motifs is 1. The zero-order valence-electron chi connectivity index (χ0n) is 17.0. The highest BCUT2D eigenvalue weighted by atomic mass is 16.5. The van der Waals surface area contributed by atoms with Crippen molar-refractivity contribution in [3.05, 3.63) is 59.6 Å². The number of hydrogen-bond donors (Lipinski definition) is 2. The highest BCUT2D eigenvalue weighted by molar-refractivity contribution is 5.95. The number of nitrogens with one attached hydrogen (secondary N) is 1. The lowest BCUT2D eigenvalue weighted by atomic mass is 10.0. The molecule has 0 aliphatic carbocycles. The van der Waals surface area contributed by atoms with Crippen LogP contribution >= 0.6 is 0 Å². The molecular weight excluding hydrogens is 396 g/mol. The lowest BCUT2D eigenvalue weighted by Crippen LogP contribution is -2.05. The van der Waals surface area contributed by atoms with Crippen molar-refractivity contribution in [2.75, 3.05) is 0 Å². The molecule has 0 spiro atoms. The van der Waals surface area contributed by atoms with Crippen LogP contribution in [-0.2, 0) is 11.2 Å². The Balaban J connectivity index is 1.68. The fourth-order valence-corrected chi connectivity index (χ4v) is 3.40. The number of nitrogens with zero attached hydrogens (tertiary/aromatic N) is 3. The first-order valence-corrected chi connectivity index (χ1v) is 9.79. The van der Waals surface area contributed by atoms with Gasteiger partial charge >= 0.3 is 5.97 Å². The number of aromatic nitrogens is 3. The van der Waals surface area contributed by atoms with Crippen molar-refractivity contribution < 1.29 is 19.2 Å². The Kier molecular flexibility index (Phi) is 5.41. The Hall–Kier alpha value is -4.12.